The van der Waals surface area contributed by atoms with Gasteiger partial charge >= 0.3 is 0 Å². The molecule has 1 rings (SSSR count). The summed E-state index contributed by atoms with van der Waals surface area (Å²) in [6, 6.07) is 3.66. The first kappa shape index (κ1) is 13.8. The number of hydrogen-bond donors (Lipinski definition) is 1. The predicted molar refractivity (Wildman–Crippen MR) is 70.3 cm³/mol. The van der Waals surface area contributed by atoms with Crippen LogP contribution in [-0.4, -0.2) is 35.5 Å². The number of ether oxygens (including phenoxy) is 1. The lowest BCUT2D eigenvalue weighted by Crippen LogP contribution is -2.33. The Labute approximate surface area is 106 Å². The number of amides is 1. The van der Waals surface area contributed by atoms with Crippen LogP contribution in [0.1, 0.15) is 13.3 Å². The number of carbonyl (C=O) groups excluding carboxylic acids is 1. The van der Waals surface area contributed by atoms with Gasteiger partial charge in [-0.3, -0.25) is 9.78 Å². The van der Waals surface area contributed by atoms with Crippen molar-refractivity contribution in [3.63, 3.8) is 0 Å². The third-order valence-electron chi connectivity index (χ3n) is 2.09. The Balaban J connectivity index is 2.21. The van der Waals surface area contributed by atoms with Gasteiger partial charge < -0.3 is 10.1 Å². The number of nitrogens with one attached hydrogen (secondary N) is 1. The lowest BCUT2D eigenvalue weighted by atomic mass is 10.3. The zero-order valence-corrected chi connectivity index (χ0v) is 11.0. The van der Waals surface area contributed by atoms with Crippen molar-refractivity contribution in [1.29, 1.82) is 0 Å². The number of pyridine rings is 1. The number of hydrogen-bond acceptors (Lipinski definition) is 4. The van der Waals surface area contributed by atoms with Gasteiger partial charge in [0.1, 0.15) is 11.9 Å². The highest BCUT2D eigenvalue weighted by Gasteiger charge is 2.06. The molecule has 1 atom stereocenters. The summed E-state index contributed by atoms with van der Waals surface area (Å²) in [6.07, 6.45) is 5.84. The van der Waals surface area contributed by atoms with E-state index in [-0.39, 0.29) is 12.0 Å². The molecule has 0 aliphatic heterocycles. The van der Waals surface area contributed by atoms with Crippen molar-refractivity contribution >= 4 is 17.7 Å². The van der Waals surface area contributed by atoms with Crippen LogP contribution in [0, 0.1) is 0 Å². The molecule has 0 radical (unpaired) electrons. The minimum atomic E-state index is -0.0579. The summed E-state index contributed by atoms with van der Waals surface area (Å²) in [6.45, 7) is 2.43. The van der Waals surface area contributed by atoms with Gasteiger partial charge in [-0.2, -0.15) is 11.8 Å². The van der Waals surface area contributed by atoms with Gasteiger partial charge in [0.25, 0.3) is 0 Å². The first-order valence-electron chi connectivity index (χ1n) is 5.54. The molecule has 0 unspecified atom stereocenters. The van der Waals surface area contributed by atoms with Crippen molar-refractivity contribution in [2.45, 2.75) is 19.4 Å². The van der Waals surface area contributed by atoms with Gasteiger partial charge in [-0.1, -0.05) is 0 Å². The Kier molecular flexibility index (Phi) is 6.47. The molecule has 1 aromatic rings. The minimum absolute atomic E-state index is 0.0579. The predicted octanol–water partition coefficient (Wildman–Crippen LogP) is 1.72. The zero-order chi connectivity index (χ0) is 12.5. The largest absolute Gasteiger partial charge is 0.487 e. The van der Waals surface area contributed by atoms with E-state index in [1.165, 1.54) is 0 Å². The molecule has 0 spiro atoms. The fourth-order valence-corrected chi connectivity index (χ4v) is 1.62. The average molecular weight is 254 g/mol. The van der Waals surface area contributed by atoms with Crippen LogP contribution in [0.4, 0.5) is 0 Å². The summed E-state index contributed by atoms with van der Waals surface area (Å²) in [5.74, 6) is 1.64. The van der Waals surface area contributed by atoms with Crippen LogP contribution in [0.5, 0.6) is 5.75 Å². The van der Waals surface area contributed by atoms with E-state index in [2.05, 4.69) is 10.3 Å². The zero-order valence-electron chi connectivity index (χ0n) is 10.2. The molecular formula is C12H18N2O2S. The van der Waals surface area contributed by atoms with Gasteiger partial charge in [0, 0.05) is 18.4 Å². The lowest BCUT2D eigenvalue weighted by molar-refractivity contribution is -0.121. The quantitative estimate of drug-likeness (QED) is 0.805. The SMILES string of the molecule is CSCCC(=O)NC[C@@H](C)Oc1cccnc1. The highest BCUT2D eigenvalue weighted by atomic mass is 32.2. The maximum Gasteiger partial charge on any atom is 0.220 e. The molecule has 17 heavy (non-hydrogen) atoms. The van der Waals surface area contributed by atoms with E-state index in [1.54, 1.807) is 24.2 Å². The van der Waals surface area contributed by atoms with Gasteiger partial charge in [0.05, 0.1) is 12.7 Å². The smallest absolute Gasteiger partial charge is 0.220 e. The second kappa shape index (κ2) is 7.95. The molecule has 1 aromatic heterocycles. The summed E-state index contributed by atoms with van der Waals surface area (Å²) in [5, 5.41) is 2.84. The standard InChI is InChI=1S/C12H18N2O2S/c1-10(8-14-12(15)5-7-17-2)16-11-4-3-6-13-9-11/h3-4,6,9-10H,5,7-8H2,1-2H3,(H,14,15)/t10-/m1/s1. The third-order valence-corrected chi connectivity index (χ3v) is 2.70. The molecule has 0 bridgehead atoms. The van der Waals surface area contributed by atoms with Crippen LogP contribution in [0.25, 0.3) is 0 Å². The van der Waals surface area contributed by atoms with E-state index in [0.717, 1.165) is 11.5 Å². The molecule has 0 fully saturated rings. The molecule has 4 nitrogen and oxygen atoms in total. The molecule has 0 saturated carbocycles. The first-order chi connectivity index (χ1) is 8.22. The molecule has 1 N–H and O–H groups in total. The number of aromatic nitrogens is 1. The summed E-state index contributed by atoms with van der Waals surface area (Å²) < 4.78 is 5.59. The van der Waals surface area contributed by atoms with Crippen molar-refractivity contribution in [3.05, 3.63) is 24.5 Å². The highest BCUT2D eigenvalue weighted by Crippen LogP contribution is 2.08. The van der Waals surface area contributed by atoms with Gasteiger partial charge in [-0.05, 0) is 25.3 Å². The number of rotatable bonds is 7. The summed E-state index contributed by atoms with van der Waals surface area (Å²) >= 11 is 1.67. The van der Waals surface area contributed by atoms with E-state index < -0.39 is 0 Å². The molecule has 0 aliphatic carbocycles. The van der Waals surface area contributed by atoms with Crippen LogP contribution in [-0.2, 0) is 4.79 Å². The van der Waals surface area contributed by atoms with Crippen molar-refractivity contribution in [3.8, 4) is 5.75 Å². The van der Waals surface area contributed by atoms with E-state index >= 15 is 0 Å². The first-order valence-corrected chi connectivity index (χ1v) is 6.94. The monoisotopic (exact) mass is 254 g/mol. The van der Waals surface area contributed by atoms with E-state index in [0.29, 0.717) is 13.0 Å². The fraction of sp³-hybridized carbons (Fsp3) is 0.500. The van der Waals surface area contributed by atoms with E-state index in [4.69, 9.17) is 4.74 Å². The number of nitrogens with zero attached hydrogens (tertiary/aromatic N) is 1. The topological polar surface area (TPSA) is 51.2 Å². The molecular weight excluding hydrogens is 236 g/mol. The second-order valence-corrected chi connectivity index (χ2v) is 4.65. The van der Waals surface area contributed by atoms with Gasteiger partial charge in [-0.15, -0.1) is 0 Å². The maximum absolute atomic E-state index is 11.4. The van der Waals surface area contributed by atoms with Gasteiger partial charge in [-0.25, -0.2) is 0 Å². The van der Waals surface area contributed by atoms with Crippen molar-refractivity contribution in [1.82, 2.24) is 10.3 Å². The molecule has 0 aromatic carbocycles. The second-order valence-electron chi connectivity index (χ2n) is 3.66. The van der Waals surface area contributed by atoms with Gasteiger partial charge in [0.2, 0.25) is 5.91 Å². The molecule has 94 valence electrons. The maximum atomic E-state index is 11.4. The van der Waals surface area contributed by atoms with E-state index in [1.807, 2.05) is 25.3 Å². The number of carbonyl (C=O) groups is 1. The highest BCUT2D eigenvalue weighted by molar-refractivity contribution is 7.98. The van der Waals surface area contributed by atoms with Crippen molar-refractivity contribution in [2.24, 2.45) is 0 Å². The Morgan fingerprint density at radius 2 is 2.47 bits per heavy atom. The van der Waals surface area contributed by atoms with Crippen LogP contribution < -0.4 is 10.1 Å². The third kappa shape index (κ3) is 6.16. The lowest BCUT2D eigenvalue weighted by Gasteiger charge is -2.14. The summed E-state index contributed by atoms with van der Waals surface area (Å²) in [5.41, 5.74) is 0. The molecule has 5 heteroatoms. The molecule has 0 saturated heterocycles. The number of thioether (sulfide) groups is 1. The average Bonchev–Trinajstić information content (AvgIpc) is 2.35. The molecule has 0 aliphatic rings. The molecule has 1 amide bonds. The fourth-order valence-electron chi connectivity index (χ4n) is 1.23. The Morgan fingerprint density at radius 1 is 1.65 bits per heavy atom. The van der Waals surface area contributed by atoms with Crippen LogP contribution in [0.2, 0.25) is 0 Å². The van der Waals surface area contributed by atoms with Crippen LogP contribution in [0.3, 0.4) is 0 Å². The van der Waals surface area contributed by atoms with Gasteiger partial charge in [0.15, 0.2) is 0 Å². The normalized spacial score (nSPS) is 11.9. The minimum Gasteiger partial charge on any atom is -0.487 e. The Morgan fingerprint density at radius 3 is 3.12 bits per heavy atom. The van der Waals surface area contributed by atoms with Crippen molar-refractivity contribution in [2.75, 3.05) is 18.6 Å². The van der Waals surface area contributed by atoms with Crippen molar-refractivity contribution < 1.29 is 9.53 Å². The Bertz CT molecular complexity index is 333. The Hall–Kier alpha value is -1.23. The van der Waals surface area contributed by atoms with Crippen LogP contribution in [0.15, 0.2) is 24.5 Å². The van der Waals surface area contributed by atoms with Crippen LogP contribution >= 0.6 is 11.8 Å². The summed E-state index contributed by atoms with van der Waals surface area (Å²) in [7, 11) is 0. The molecule has 1 heterocycles. The summed E-state index contributed by atoms with van der Waals surface area (Å²) in [4.78, 5) is 15.3. The van der Waals surface area contributed by atoms with E-state index in [9.17, 15) is 4.79 Å².